The normalized spacial score (nSPS) is 10.0. The number of furan rings is 1. The second-order valence-electron chi connectivity index (χ2n) is 3.92. The quantitative estimate of drug-likeness (QED) is 0.860. The summed E-state index contributed by atoms with van der Waals surface area (Å²) >= 11 is 0. The zero-order chi connectivity index (χ0) is 13.8. The second kappa shape index (κ2) is 5.39. The number of amides is 1. The molecule has 0 fully saturated rings. The Morgan fingerprint density at radius 3 is 2.63 bits per heavy atom. The van der Waals surface area contributed by atoms with Crippen LogP contribution in [0.3, 0.4) is 0 Å². The molecular weight excluding hydrogens is 246 g/mol. The first-order valence-corrected chi connectivity index (χ1v) is 5.66. The number of para-hydroxylation sites is 1. The van der Waals surface area contributed by atoms with Gasteiger partial charge in [-0.1, -0.05) is 12.1 Å². The molecule has 0 spiro atoms. The molecular formula is C14H13NO4. The lowest BCUT2D eigenvalue weighted by molar-refractivity contribution is 0.0602. The van der Waals surface area contributed by atoms with Crippen LogP contribution >= 0.6 is 0 Å². The largest absolute Gasteiger partial charge is 0.465 e. The van der Waals surface area contributed by atoms with Crippen molar-refractivity contribution in [2.75, 3.05) is 12.4 Å². The molecule has 0 bridgehead atoms. The number of rotatable bonds is 3. The summed E-state index contributed by atoms with van der Waals surface area (Å²) in [5.74, 6) is -0.734. The van der Waals surface area contributed by atoms with Crippen molar-refractivity contribution in [2.24, 2.45) is 0 Å². The van der Waals surface area contributed by atoms with E-state index in [2.05, 4.69) is 5.32 Å². The molecule has 1 aromatic heterocycles. The SMILES string of the molecule is COC(=O)c1cccc(C)c1NC(=O)c1ccco1. The highest BCUT2D eigenvalue weighted by Crippen LogP contribution is 2.22. The van der Waals surface area contributed by atoms with Gasteiger partial charge < -0.3 is 14.5 Å². The van der Waals surface area contributed by atoms with Gasteiger partial charge in [0.05, 0.1) is 24.6 Å². The van der Waals surface area contributed by atoms with Gasteiger partial charge in [-0.2, -0.15) is 0 Å². The van der Waals surface area contributed by atoms with Gasteiger partial charge >= 0.3 is 5.97 Å². The fraction of sp³-hybridized carbons (Fsp3) is 0.143. The minimum Gasteiger partial charge on any atom is -0.465 e. The van der Waals surface area contributed by atoms with E-state index in [4.69, 9.17) is 9.15 Å². The smallest absolute Gasteiger partial charge is 0.339 e. The van der Waals surface area contributed by atoms with Gasteiger partial charge in [-0.25, -0.2) is 4.79 Å². The van der Waals surface area contributed by atoms with Crippen molar-refractivity contribution in [3.8, 4) is 0 Å². The number of esters is 1. The van der Waals surface area contributed by atoms with E-state index in [9.17, 15) is 9.59 Å². The zero-order valence-electron chi connectivity index (χ0n) is 10.6. The third-order valence-corrected chi connectivity index (χ3v) is 2.66. The zero-order valence-corrected chi connectivity index (χ0v) is 10.6. The standard InChI is InChI=1S/C14H13NO4/c1-9-5-3-6-10(14(17)18-2)12(9)15-13(16)11-7-4-8-19-11/h3-8H,1-2H3,(H,15,16). The Hall–Kier alpha value is -2.56. The first-order valence-electron chi connectivity index (χ1n) is 5.66. The van der Waals surface area contributed by atoms with Crippen LogP contribution in [-0.4, -0.2) is 19.0 Å². The van der Waals surface area contributed by atoms with Crippen LogP contribution in [0.5, 0.6) is 0 Å². The Bertz CT molecular complexity index is 602. The molecule has 0 aliphatic rings. The van der Waals surface area contributed by atoms with E-state index in [1.807, 2.05) is 0 Å². The summed E-state index contributed by atoms with van der Waals surface area (Å²) in [6, 6.07) is 8.28. The molecule has 98 valence electrons. The van der Waals surface area contributed by atoms with Crippen molar-refractivity contribution in [1.29, 1.82) is 0 Å². The van der Waals surface area contributed by atoms with Crippen LogP contribution in [0.25, 0.3) is 0 Å². The topological polar surface area (TPSA) is 68.5 Å². The van der Waals surface area contributed by atoms with Crippen molar-refractivity contribution in [1.82, 2.24) is 0 Å². The Morgan fingerprint density at radius 1 is 1.21 bits per heavy atom. The van der Waals surface area contributed by atoms with Crippen molar-refractivity contribution >= 4 is 17.6 Å². The van der Waals surface area contributed by atoms with E-state index < -0.39 is 11.9 Å². The van der Waals surface area contributed by atoms with E-state index in [0.717, 1.165) is 5.56 Å². The third-order valence-electron chi connectivity index (χ3n) is 2.66. The van der Waals surface area contributed by atoms with Crippen LogP contribution in [0.4, 0.5) is 5.69 Å². The van der Waals surface area contributed by atoms with E-state index in [1.54, 1.807) is 37.3 Å². The number of hydrogen-bond donors (Lipinski definition) is 1. The van der Waals surface area contributed by atoms with E-state index >= 15 is 0 Å². The van der Waals surface area contributed by atoms with Crippen LogP contribution < -0.4 is 5.32 Å². The Kier molecular flexibility index (Phi) is 3.66. The molecule has 1 N–H and O–H groups in total. The summed E-state index contributed by atoms with van der Waals surface area (Å²) < 4.78 is 9.70. The van der Waals surface area contributed by atoms with Crippen molar-refractivity contribution < 1.29 is 18.7 Å². The maximum Gasteiger partial charge on any atom is 0.339 e. The summed E-state index contributed by atoms with van der Waals surface area (Å²) in [4.78, 5) is 23.6. The summed E-state index contributed by atoms with van der Waals surface area (Å²) in [7, 11) is 1.29. The number of nitrogens with one attached hydrogen (secondary N) is 1. The van der Waals surface area contributed by atoms with Crippen LogP contribution in [0.15, 0.2) is 41.0 Å². The Morgan fingerprint density at radius 2 is 2.00 bits per heavy atom. The molecule has 1 heterocycles. The van der Waals surface area contributed by atoms with Gasteiger partial charge in [0.25, 0.3) is 5.91 Å². The number of carbonyl (C=O) groups is 2. The summed E-state index contributed by atoms with van der Waals surface area (Å²) in [5.41, 5.74) is 1.50. The number of methoxy groups -OCH3 is 1. The van der Waals surface area contributed by atoms with Crippen LogP contribution in [0.1, 0.15) is 26.5 Å². The monoisotopic (exact) mass is 259 g/mol. The molecule has 0 aliphatic carbocycles. The fourth-order valence-corrected chi connectivity index (χ4v) is 1.70. The van der Waals surface area contributed by atoms with Gasteiger partial charge in [0.2, 0.25) is 0 Å². The van der Waals surface area contributed by atoms with Gasteiger partial charge in [0.1, 0.15) is 0 Å². The second-order valence-corrected chi connectivity index (χ2v) is 3.92. The molecule has 2 aromatic rings. The number of anilines is 1. The Labute approximate surface area is 110 Å². The summed E-state index contributed by atoms with van der Waals surface area (Å²) in [6.07, 6.45) is 1.41. The lowest BCUT2D eigenvalue weighted by Crippen LogP contribution is -2.16. The third kappa shape index (κ3) is 2.65. The molecule has 0 saturated carbocycles. The molecule has 2 rings (SSSR count). The molecule has 0 radical (unpaired) electrons. The molecule has 0 aliphatic heterocycles. The molecule has 5 heteroatoms. The fourth-order valence-electron chi connectivity index (χ4n) is 1.70. The van der Waals surface area contributed by atoms with Gasteiger partial charge in [-0.3, -0.25) is 4.79 Å². The average molecular weight is 259 g/mol. The van der Waals surface area contributed by atoms with E-state index in [0.29, 0.717) is 11.3 Å². The minimum absolute atomic E-state index is 0.180. The average Bonchev–Trinajstić information content (AvgIpc) is 2.94. The highest BCUT2D eigenvalue weighted by atomic mass is 16.5. The van der Waals surface area contributed by atoms with Gasteiger partial charge in [0.15, 0.2) is 5.76 Å². The van der Waals surface area contributed by atoms with Gasteiger partial charge in [-0.05, 0) is 30.7 Å². The van der Waals surface area contributed by atoms with Gasteiger partial charge in [0, 0.05) is 0 Å². The molecule has 5 nitrogen and oxygen atoms in total. The maximum absolute atomic E-state index is 11.9. The predicted octanol–water partition coefficient (Wildman–Crippen LogP) is 2.63. The molecule has 0 atom stereocenters. The first-order chi connectivity index (χ1) is 9.13. The van der Waals surface area contributed by atoms with Crippen LogP contribution in [0, 0.1) is 6.92 Å². The first kappa shape index (κ1) is 12.9. The lowest BCUT2D eigenvalue weighted by Gasteiger charge is -2.11. The lowest BCUT2D eigenvalue weighted by atomic mass is 10.1. The van der Waals surface area contributed by atoms with E-state index in [1.165, 1.54) is 13.4 Å². The number of benzene rings is 1. The minimum atomic E-state index is -0.501. The molecule has 19 heavy (non-hydrogen) atoms. The predicted molar refractivity (Wildman–Crippen MR) is 69.2 cm³/mol. The summed E-state index contributed by atoms with van der Waals surface area (Å²) in [6.45, 7) is 1.80. The number of ether oxygens (including phenoxy) is 1. The number of aryl methyl sites for hydroxylation is 1. The highest BCUT2D eigenvalue weighted by Gasteiger charge is 2.17. The van der Waals surface area contributed by atoms with Crippen molar-refractivity contribution in [2.45, 2.75) is 6.92 Å². The molecule has 0 unspecified atom stereocenters. The number of hydrogen-bond acceptors (Lipinski definition) is 4. The van der Waals surface area contributed by atoms with Crippen LogP contribution in [-0.2, 0) is 4.74 Å². The highest BCUT2D eigenvalue weighted by molar-refractivity contribution is 6.07. The van der Waals surface area contributed by atoms with Crippen molar-refractivity contribution in [3.63, 3.8) is 0 Å². The van der Waals surface area contributed by atoms with Crippen LogP contribution in [0.2, 0.25) is 0 Å². The van der Waals surface area contributed by atoms with E-state index in [-0.39, 0.29) is 5.76 Å². The molecule has 1 amide bonds. The molecule has 0 saturated heterocycles. The van der Waals surface area contributed by atoms with Crippen molar-refractivity contribution in [3.05, 3.63) is 53.5 Å². The Balaban J connectivity index is 2.34. The summed E-state index contributed by atoms with van der Waals surface area (Å²) in [5, 5.41) is 2.66. The number of carbonyl (C=O) groups excluding carboxylic acids is 2. The van der Waals surface area contributed by atoms with Gasteiger partial charge in [-0.15, -0.1) is 0 Å². The molecule has 1 aromatic carbocycles. The maximum atomic E-state index is 11.9.